The van der Waals surface area contributed by atoms with Crippen molar-refractivity contribution in [1.29, 1.82) is 0 Å². The van der Waals surface area contributed by atoms with Gasteiger partial charge in [-0.1, -0.05) is 6.07 Å². The minimum atomic E-state index is 0.223. The van der Waals surface area contributed by atoms with Gasteiger partial charge in [-0.05, 0) is 54.8 Å². The van der Waals surface area contributed by atoms with Gasteiger partial charge in [-0.15, -0.1) is 0 Å². The summed E-state index contributed by atoms with van der Waals surface area (Å²) in [6, 6.07) is 8.43. The van der Waals surface area contributed by atoms with E-state index < -0.39 is 0 Å². The largest absolute Gasteiger partial charge is 0.353 e. The maximum Gasteiger partial charge on any atom is 0.223 e. The Morgan fingerprint density at radius 1 is 1.35 bits per heavy atom. The van der Waals surface area contributed by atoms with E-state index in [-0.39, 0.29) is 11.9 Å². The molecule has 0 N–H and O–H groups in total. The lowest BCUT2D eigenvalue weighted by atomic mass is 10.1. The van der Waals surface area contributed by atoms with Gasteiger partial charge in [0, 0.05) is 37.8 Å². The molecule has 0 bridgehead atoms. The summed E-state index contributed by atoms with van der Waals surface area (Å²) < 4.78 is 0. The van der Waals surface area contributed by atoms with Gasteiger partial charge in [0.1, 0.15) is 5.82 Å². The number of anilines is 1. The molecule has 122 valence electrons. The van der Waals surface area contributed by atoms with Crippen molar-refractivity contribution in [2.75, 3.05) is 24.5 Å². The van der Waals surface area contributed by atoms with Gasteiger partial charge >= 0.3 is 0 Å². The van der Waals surface area contributed by atoms with Crippen LogP contribution in [-0.4, -0.2) is 41.5 Å². The van der Waals surface area contributed by atoms with Crippen LogP contribution in [0.4, 0.5) is 5.82 Å². The van der Waals surface area contributed by atoms with Crippen molar-refractivity contribution in [3.8, 4) is 0 Å². The van der Waals surface area contributed by atoms with Gasteiger partial charge in [-0.25, -0.2) is 4.98 Å². The van der Waals surface area contributed by atoms with Crippen LogP contribution in [-0.2, 0) is 11.2 Å². The van der Waals surface area contributed by atoms with E-state index in [0.29, 0.717) is 6.42 Å². The molecule has 0 radical (unpaired) electrons. The van der Waals surface area contributed by atoms with Gasteiger partial charge in [0.15, 0.2) is 0 Å². The number of pyridine rings is 1. The Morgan fingerprint density at radius 3 is 2.91 bits per heavy atom. The molecule has 5 heteroatoms. The number of rotatable bonds is 4. The maximum atomic E-state index is 12.5. The molecule has 1 aliphatic rings. The van der Waals surface area contributed by atoms with Gasteiger partial charge in [0.05, 0.1) is 0 Å². The Hall–Kier alpha value is -1.88. The molecule has 2 aromatic heterocycles. The third-order valence-corrected chi connectivity index (χ3v) is 5.09. The second-order valence-electron chi connectivity index (χ2n) is 6.15. The molecular formula is C18H23N3OS. The van der Waals surface area contributed by atoms with Crippen LogP contribution in [0.15, 0.2) is 35.0 Å². The number of nitrogens with zero attached hydrogens (tertiary/aromatic N) is 3. The molecule has 0 unspecified atom stereocenters. The molecule has 1 atom stereocenters. The van der Waals surface area contributed by atoms with Crippen LogP contribution in [0.1, 0.15) is 24.6 Å². The summed E-state index contributed by atoms with van der Waals surface area (Å²) in [4.78, 5) is 21.4. The fourth-order valence-corrected chi connectivity index (χ4v) is 3.77. The summed E-state index contributed by atoms with van der Waals surface area (Å²) in [6.45, 7) is 6.62. The van der Waals surface area contributed by atoms with Crippen LogP contribution >= 0.6 is 11.3 Å². The van der Waals surface area contributed by atoms with Gasteiger partial charge in [-0.2, -0.15) is 11.3 Å². The Labute approximate surface area is 141 Å². The van der Waals surface area contributed by atoms with Gasteiger partial charge in [-0.3, -0.25) is 4.79 Å². The van der Waals surface area contributed by atoms with E-state index >= 15 is 0 Å². The molecule has 0 aliphatic carbocycles. The number of thiophene rings is 1. The van der Waals surface area contributed by atoms with E-state index in [4.69, 9.17) is 0 Å². The Balaban J connectivity index is 1.56. The molecule has 1 saturated heterocycles. The second kappa shape index (κ2) is 7.13. The zero-order valence-corrected chi connectivity index (χ0v) is 14.6. The molecule has 4 nitrogen and oxygen atoms in total. The highest BCUT2D eigenvalue weighted by molar-refractivity contribution is 7.07. The number of carbonyl (C=O) groups is 1. The molecule has 0 spiro atoms. The fraction of sp³-hybridized carbons (Fsp3) is 0.444. The lowest BCUT2D eigenvalue weighted by molar-refractivity contribution is -0.133. The van der Waals surface area contributed by atoms with E-state index in [1.807, 2.05) is 30.0 Å². The van der Waals surface area contributed by atoms with E-state index in [2.05, 4.69) is 33.6 Å². The summed E-state index contributed by atoms with van der Waals surface area (Å²) >= 11 is 1.69. The topological polar surface area (TPSA) is 36.4 Å². The number of amides is 1. The molecule has 3 rings (SSSR count). The lowest BCUT2D eigenvalue weighted by Crippen LogP contribution is -2.54. The number of hydrogen-bond donors (Lipinski definition) is 0. The Morgan fingerprint density at radius 2 is 2.22 bits per heavy atom. The van der Waals surface area contributed by atoms with Crippen LogP contribution in [0.5, 0.6) is 0 Å². The molecule has 2 aromatic rings. The SMILES string of the molecule is Cc1cccc(N2CCN(C(=O)CCc3ccsc3)[C@@H](C)C2)n1. The van der Waals surface area contributed by atoms with E-state index in [1.54, 1.807) is 11.3 Å². The van der Waals surface area contributed by atoms with Crippen molar-refractivity contribution in [2.24, 2.45) is 0 Å². The van der Waals surface area contributed by atoms with Crippen molar-refractivity contribution in [1.82, 2.24) is 9.88 Å². The molecular weight excluding hydrogens is 306 g/mol. The van der Waals surface area contributed by atoms with Crippen molar-refractivity contribution < 1.29 is 4.79 Å². The summed E-state index contributed by atoms with van der Waals surface area (Å²) in [5.41, 5.74) is 2.29. The molecule has 0 saturated carbocycles. The van der Waals surface area contributed by atoms with Crippen molar-refractivity contribution >= 4 is 23.1 Å². The highest BCUT2D eigenvalue weighted by atomic mass is 32.1. The van der Waals surface area contributed by atoms with Crippen LogP contribution in [0.2, 0.25) is 0 Å². The normalized spacial score (nSPS) is 18.3. The first-order chi connectivity index (χ1) is 11.1. The summed E-state index contributed by atoms with van der Waals surface area (Å²) in [5.74, 6) is 1.28. The fourth-order valence-electron chi connectivity index (χ4n) is 3.07. The molecule has 0 aromatic carbocycles. The molecule has 3 heterocycles. The van der Waals surface area contributed by atoms with Crippen LogP contribution in [0.25, 0.3) is 0 Å². The zero-order chi connectivity index (χ0) is 16.2. The first kappa shape index (κ1) is 16.0. The first-order valence-electron chi connectivity index (χ1n) is 8.12. The highest BCUT2D eigenvalue weighted by Crippen LogP contribution is 2.19. The number of carbonyl (C=O) groups excluding carboxylic acids is 1. The van der Waals surface area contributed by atoms with Gasteiger partial charge in [0.2, 0.25) is 5.91 Å². The molecule has 1 fully saturated rings. The highest BCUT2D eigenvalue weighted by Gasteiger charge is 2.27. The Kier molecular flexibility index (Phi) is 4.96. The minimum Gasteiger partial charge on any atom is -0.353 e. The van der Waals surface area contributed by atoms with E-state index in [9.17, 15) is 4.79 Å². The predicted octanol–water partition coefficient (Wildman–Crippen LogP) is 3.12. The van der Waals surface area contributed by atoms with E-state index in [0.717, 1.165) is 37.6 Å². The average molecular weight is 329 g/mol. The third kappa shape index (κ3) is 3.91. The second-order valence-corrected chi connectivity index (χ2v) is 6.93. The summed E-state index contributed by atoms with van der Waals surface area (Å²) in [5, 5.41) is 4.19. The van der Waals surface area contributed by atoms with Crippen LogP contribution in [0.3, 0.4) is 0 Å². The third-order valence-electron chi connectivity index (χ3n) is 4.35. The maximum absolute atomic E-state index is 12.5. The van der Waals surface area contributed by atoms with Crippen molar-refractivity contribution in [3.63, 3.8) is 0 Å². The number of piperazine rings is 1. The monoisotopic (exact) mass is 329 g/mol. The number of hydrogen-bond acceptors (Lipinski definition) is 4. The zero-order valence-electron chi connectivity index (χ0n) is 13.7. The van der Waals surface area contributed by atoms with Crippen molar-refractivity contribution in [3.05, 3.63) is 46.3 Å². The van der Waals surface area contributed by atoms with Crippen LogP contribution in [0, 0.1) is 6.92 Å². The first-order valence-corrected chi connectivity index (χ1v) is 9.07. The number of aryl methyl sites for hydroxylation is 2. The number of aromatic nitrogens is 1. The molecule has 1 aliphatic heterocycles. The average Bonchev–Trinajstić information content (AvgIpc) is 3.06. The quantitative estimate of drug-likeness (QED) is 0.865. The smallest absolute Gasteiger partial charge is 0.223 e. The predicted molar refractivity (Wildman–Crippen MR) is 95.0 cm³/mol. The van der Waals surface area contributed by atoms with Crippen LogP contribution < -0.4 is 4.90 Å². The minimum absolute atomic E-state index is 0.223. The van der Waals surface area contributed by atoms with E-state index in [1.165, 1.54) is 5.56 Å². The van der Waals surface area contributed by atoms with Gasteiger partial charge in [0.25, 0.3) is 0 Å². The van der Waals surface area contributed by atoms with Crippen molar-refractivity contribution in [2.45, 2.75) is 32.7 Å². The Bertz CT molecular complexity index is 656. The van der Waals surface area contributed by atoms with Gasteiger partial charge < -0.3 is 9.80 Å². The molecule has 23 heavy (non-hydrogen) atoms. The lowest BCUT2D eigenvalue weighted by Gasteiger charge is -2.40. The summed E-state index contributed by atoms with van der Waals surface area (Å²) in [7, 11) is 0. The summed E-state index contributed by atoms with van der Waals surface area (Å²) in [6.07, 6.45) is 1.44. The standard InChI is InChI=1S/C18H23N3OS/c1-14-4-3-5-17(19-14)20-9-10-21(15(2)12-20)18(22)7-6-16-8-11-23-13-16/h3-5,8,11,13,15H,6-7,9-10,12H2,1-2H3/t15-/m0/s1. The molecule has 1 amide bonds.